The maximum absolute atomic E-state index is 12.8. The molecule has 5 heteroatoms. The van der Waals surface area contributed by atoms with Crippen LogP contribution in [0.15, 0.2) is 24.3 Å². The lowest BCUT2D eigenvalue weighted by Gasteiger charge is -2.47. The molecule has 0 aliphatic carbocycles. The molecule has 0 N–H and O–H groups in total. The molecule has 2 amide bonds. The molecule has 5 nitrogen and oxygen atoms in total. The Kier molecular flexibility index (Phi) is 6.30. The van der Waals surface area contributed by atoms with Gasteiger partial charge in [-0.05, 0) is 44.1 Å². The minimum atomic E-state index is 0.0637. The minimum Gasteiger partial charge on any atom is -0.375 e. The summed E-state index contributed by atoms with van der Waals surface area (Å²) in [6, 6.07) is 8.72. The number of fused-ring (bicyclic) bond motifs is 1. The first-order valence-corrected chi connectivity index (χ1v) is 9.70. The Morgan fingerprint density at radius 1 is 1.12 bits per heavy atom. The Bertz CT molecular complexity index is 629. The molecule has 0 unspecified atom stereocenters. The summed E-state index contributed by atoms with van der Waals surface area (Å²) in [7, 11) is 1.56. The summed E-state index contributed by atoms with van der Waals surface area (Å²) in [5.41, 5.74) is 2.46. The second-order valence-electron chi connectivity index (χ2n) is 7.60. The van der Waals surface area contributed by atoms with Gasteiger partial charge in [0.1, 0.15) is 6.61 Å². The first kappa shape index (κ1) is 18.9. The van der Waals surface area contributed by atoms with Crippen LogP contribution >= 0.6 is 0 Å². The Balaban J connectivity index is 1.56. The van der Waals surface area contributed by atoms with Crippen molar-refractivity contribution in [3.8, 4) is 0 Å². The molecule has 2 heterocycles. The van der Waals surface area contributed by atoms with Crippen molar-refractivity contribution in [2.75, 3.05) is 33.4 Å². The first-order valence-electron chi connectivity index (χ1n) is 9.70. The highest BCUT2D eigenvalue weighted by molar-refractivity contribution is 5.78. The number of ether oxygens (including phenoxy) is 1. The molecule has 0 saturated carbocycles. The van der Waals surface area contributed by atoms with Crippen molar-refractivity contribution < 1.29 is 14.3 Å². The number of aryl methyl sites for hydroxylation is 2. The highest BCUT2D eigenvalue weighted by Crippen LogP contribution is 2.31. The van der Waals surface area contributed by atoms with Crippen molar-refractivity contribution in [3.63, 3.8) is 0 Å². The van der Waals surface area contributed by atoms with Gasteiger partial charge in [0, 0.05) is 39.2 Å². The van der Waals surface area contributed by atoms with Crippen LogP contribution in [0.25, 0.3) is 0 Å². The van der Waals surface area contributed by atoms with E-state index in [-0.39, 0.29) is 18.4 Å². The van der Waals surface area contributed by atoms with E-state index in [1.54, 1.807) is 7.11 Å². The number of amides is 2. The number of benzene rings is 1. The Hall–Kier alpha value is -1.88. The molecule has 1 aromatic carbocycles. The van der Waals surface area contributed by atoms with Crippen LogP contribution in [-0.2, 0) is 20.7 Å². The van der Waals surface area contributed by atoms with Gasteiger partial charge in [-0.1, -0.05) is 29.8 Å². The summed E-state index contributed by atoms with van der Waals surface area (Å²) >= 11 is 0. The fourth-order valence-corrected chi connectivity index (χ4v) is 4.30. The number of carbonyl (C=O) groups is 2. The number of carbonyl (C=O) groups excluding carboxylic acids is 2. The predicted octanol–water partition coefficient (Wildman–Crippen LogP) is 2.41. The maximum atomic E-state index is 12.8. The number of rotatable bonds is 5. The molecule has 2 fully saturated rings. The smallest absolute Gasteiger partial charge is 0.248 e. The third-order valence-electron chi connectivity index (χ3n) is 5.76. The van der Waals surface area contributed by atoms with E-state index in [0.29, 0.717) is 18.4 Å². The largest absolute Gasteiger partial charge is 0.375 e. The topological polar surface area (TPSA) is 49.9 Å². The van der Waals surface area contributed by atoms with Crippen molar-refractivity contribution in [1.82, 2.24) is 9.80 Å². The average molecular weight is 358 g/mol. The lowest BCUT2D eigenvalue weighted by molar-refractivity contribution is -0.143. The van der Waals surface area contributed by atoms with E-state index in [0.717, 1.165) is 45.3 Å². The zero-order valence-corrected chi connectivity index (χ0v) is 15.9. The molecule has 3 rings (SSSR count). The van der Waals surface area contributed by atoms with Gasteiger partial charge in [0.25, 0.3) is 0 Å². The van der Waals surface area contributed by atoms with Gasteiger partial charge in [-0.2, -0.15) is 0 Å². The van der Waals surface area contributed by atoms with Gasteiger partial charge in [0.2, 0.25) is 11.8 Å². The summed E-state index contributed by atoms with van der Waals surface area (Å²) in [6.07, 6.45) is 4.38. The molecule has 0 bridgehead atoms. The van der Waals surface area contributed by atoms with E-state index < -0.39 is 0 Å². The van der Waals surface area contributed by atoms with E-state index in [4.69, 9.17) is 4.74 Å². The van der Waals surface area contributed by atoms with Crippen LogP contribution in [0.2, 0.25) is 0 Å². The van der Waals surface area contributed by atoms with Crippen molar-refractivity contribution in [3.05, 3.63) is 35.4 Å². The third-order valence-corrected chi connectivity index (χ3v) is 5.76. The maximum Gasteiger partial charge on any atom is 0.248 e. The molecule has 0 radical (unpaired) electrons. The fourth-order valence-electron chi connectivity index (χ4n) is 4.30. The molecular weight excluding hydrogens is 328 g/mol. The summed E-state index contributed by atoms with van der Waals surface area (Å²) in [5.74, 6) is 0.729. The normalized spacial score (nSPS) is 22.8. The Morgan fingerprint density at radius 3 is 2.62 bits per heavy atom. The summed E-state index contributed by atoms with van der Waals surface area (Å²) in [5, 5.41) is 0. The zero-order chi connectivity index (χ0) is 18.5. The zero-order valence-electron chi connectivity index (χ0n) is 15.9. The van der Waals surface area contributed by atoms with Crippen molar-refractivity contribution in [2.45, 2.75) is 45.1 Å². The van der Waals surface area contributed by atoms with Crippen LogP contribution in [0.3, 0.4) is 0 Å². The van der Waals surface area contributed by atoms with Crippen molar-refractivity contribution >= 4 is 11.8 Å². The predicted molar refractivity (Wildman–Crippen MR) is 101 cm³/mol. The SMILES string of the molecule is COCC(=O)N1CC[C@H]2[C@H](CCCN2C(=O)CCc2ccc(C)cc2)C1. The molecule has 2 aliphatic heterocycles. The molecule has 2 aliphatic rings. The molecule has 26 heavy (non-hydrogen) atoms. The van der Waals surface area contributed by atoms with Gasteiger partial charge in [0.15, 0.2) is 0 Å². The summed E-state index contributed by atoms with van der Waals surface area (Å²) in [6.45, 7) is 4.57. The molecule has 2 saturated heterocycles. The molecule has 0 spiro atoms. The van der Waals surface area contributed by atoms with E-state index in [1.807, 2.05) is 4.90 Å². The first-order chi connectivity index (χ1) is 12.6. The quantitative estimate of drug-likeness (QED) is 0.812. The van der Waals surface area contributed by atoms with Crippen LogP contribution in [0.4, 0.5) is 0 Å². The van der Waals surface area contributed by atoms with Crippen LogP contribution < -0.4 is 0 Å². The molecule has 142 valence electrons. The van der Waals surface area contributed by atoms with Crippen LogP contribution in [0.1, 0.15) is 36.8 Å². The summed E-state index contributed by atoms with van der Waals surface area (Å²) < 4.78 is 4.98. The van der Waals surface area contributed by atoms with Gasteiger partial charge in [0.05, 0.1) is 0 Å². The monoisotopic (exact) mass is 358 g/mol. The highest BCUT2D eigenvalue weighted by atomic mass is 16.5. The lowest BCUT2D eigenvalue weighted by Crippen LogP contribution is -2.57. The van der Waals surface area contributed by atoms with Crippen LogP contribution in [0, 0.1) is 12.8 Å². The van der Waals surface area contributed by atoms with Gasteiger partial charge in [-0.3, -0.25) is 9.59 Å². The van der Waals surface area contributed by atoms with Gasteiger partial charge in [-0.15, -0.1) is 0 Å². The molecular formula is C21H30N2O3. The standard InChI is InChI=1S/C21H30N2O3/c1-16-5-7-17(8-6-16)9-10-20(24)23-12-3-4-18-14-22(13-11-19(18)23)21(25)15-26-2/h5-8,18-19H,3-4,9-15H2,1-2H3/t18-,19+/m1/s1. The van der Waals surface area contributed by atoms with Crippen molar-refractivity contribution in [2.24, 2.45) is 5.92 Å². The Morgan fingerprint density at radius 2 is 1.88 bits per heavy atom. The molecule has 0 aromatic heterocycles. The molecule has 1 aromatic rings. The number of methoxy groups -OCH3 is 1. The number of nitrogens with zero attached hydrogens (tertiary/aromatic N) is 2. The second-order valence-corrected chi connectivity index (χ2v) is 7.60. The third kappa shape index (κ3) is 4.44. The van der Waals surface area contributed by atoms with E-state index in [2.05, 4.69) is 36.1 Å². The Labute approximate surface area is 156 Å². The van der Waals surface area contributed by atoms with E-state index in [1.165, 1.54) is 11.1 Å². The molecule has 2 atom stereocenters. The summed E-state index contributed by atoms with van der Waals surface area (Å²) in [4.78, 5) is 28.9. The number of piperidine rings is 2. The fraction of sp³-hybridized carbons (Fsp3) is 0.619. The van der Waals surface area contributed by atoms with Gasteiger partial charge in [-0.25, -0.2) is 0 Å². The van der Waals surface area contributed by atoms with E-state index >= 15 is 0 Å². The van der Waals surface area contributed by atoms with E-state index in [9.17, 15) is 9.59 Å². The van der Waals surface area contributed by atoms with Crippen molar-refractivity contribution in [1.29, 1.82) is 0 Å². The number of hydrogen-bond acceptors (Lipinski definition) is 3. The minimum absolute atomic E-state index is 0.0637. The average Bonchev–Trinajstić information content (AvgIpc) is 2.66. The number of likely N-dealkylation sites (tertiary alicyclic amines) is 2. The second kappa shape index (κ2) is 8.67. The van der Waals surface area contributed by atoms with Gasteiger partial charge < -0.3 is 14.5 Å². The van der Waals surface area contributed by atoms with Gasteiger partial charge >= 0.3 is 0 Å². The number of hydrogen-bond donors (Lipinski definition) is 0. The van der Waals surface area contributed by atoms with Crippen LogP contribution in [0.5, 0.6) is 0 Å². The highest BCUT2D eigenvalue weighted by Gasteiger charge is 2.38. The lowest BCUT2D eigenvalue weighted by atomic mass is 9.83. The van der Waals surface area contributed by atoms with Crippen LogP contribution in [-0.4, -0.2) is 61.0 Å².